The standard InChI is InChI=1S/C15H20N2OS2/c18-14(17-10-11-8-16-9-11)12-2-4-13(5-3-12)15-19-6-1-7-20-15/h2-5,11,15-16H,1,6-10H2,(H,17,18). The summed E-state index contributed by atoms with van der Waals surface area (Å²) in [4.78, 5) is 12.0. The van der Waals surface area contributed by atoms with E-state index in [9.17, 15) is 4.79 Å². The highest BCUT2D eigenvalue weighted by Crippen LogP contribution is 2.43. The SMILES string of the molecule is O=C(NCC1CNC1)c1ccc(C2SCCCS2)cc1. The molecular formula is C15H20N2OS2. The first-order valence-corrected chi connectivity index (χ1v) is 9.25. The molecule has 1 aromatic carbocycles. The molecule has 20 heavy (non-hydrogen) atoms. The van der Waals surface area contributed by atoms with Crippen molar-refractivity contribution in [1.29, 1.82) is 0 Å². The van der Waals surface area contributed by atoms with Gasteiger partial charge in [-0.1, -0.05) is 12.1 Å². The van der Waals surface area contributed by atoms with Gasteiger partial charge in [-0.25, -0.2) is 0 Å². The maximum absolute atomic E-state index is 12.0. The van der Waals surface area contributed by atoms with Gasteiger partial charge in [0.1, 0.15) is 0 Å². The fraction of sp³-hybridized carbons (Fsp3) is 0.533. The smallest absolute Gasteiger partial charge is 0.251 e. The minimum absolute atomic E-state index is 0.0485. The predicted molar refractivity (Wildman–Crippen MR) is 87.4 cm³/mol. The molecule has 1 aromatic rings. The average molecular weight is 308 g/mol. The van der Waals surface area contributed by atoms with Crippen molar-refractivity contribution in [2.75, 3.05) is 31.1 Å². The second-order valence-electron chi connectivity index (χ2n) is 5.28. The van der Waals surface area contributed by atoms with Gasteiger partial charge in [-0.3, -0.25) is 4.79 Å². The van der Waals surface area contributed by atoms with Gasteiger partial charge in [0, 0.05) is 31.1 Å². The van der Waals surface area contributed by atoms with E-state index in [0.717, 1.165) is 25.2 Å². The highest BCUT2D eigenvalue weighted by atomic mass is 32.2. The number of hydrogen-bond acceptors (Lipinski definition) is 4. The Balaban J connectivity index is 1.55. The Kier molecular flexibility index (Phi) is 4.91. The summed E-state index contributed by atoms with van der Waals surface area (Å²) < 4.78 is 0.543. The zero-order valence-corrected chi connectivity index (χ0v) is 13.1. The number of carbonyl (C=O) groups excluding carboxylic acids is 1. The fourth-order valence-electron chi connectivity index (χ4n) is 2.30. The van der Waals surface area contributed by atoms with Crippen molar-refractivity contribution in [2.24, 2.45) is 5.92 Å². The van der Waals surface area contributed by atoms with Crippen LogP contribution in [0.1, 0.15) is 26.9 Å². The van der Waals surface area contributed by atoms with Crippen molar-refractivity contribution in [3.63, 3.8) is 0 Å². The lowest BCUT2D eigenvalue weighted by atomic mass is 10.0. The largest absolute Gasteiger partial charge is 0.352 e. The first-order chi connectivity index (χ1) is 9.83. The van der Waals surface area contributed by atoms with Crippen LogP contribution in [0.5, 0.6) is 0 Å². The molecule has 0 spiro atoms. The molecule has 0 aliphatic carbocycles. The Morgan fingerprint density at radius 1 is 1.20 bits per heavy atom. The van der Waals surface area contributed by atoms with Crippen molar-refractivity contribution < 1.29 is 4.79 Å². The molecule has 2 aliphatic rings. The predicted octanol–water partition coefficient (Wildman–Crippen LogP) is 2.50. The molecule has 3 rings (SSSR count). The van der Waals surface area contributed by atoms with Crippen LogP contribution in [0.3, 0.4) is 0 Å². The summed E-state index contributed by atoms with van der Waals surface area (Å²) in [6.07, 6.45) is 1.31. The topological polar surface area (TPSA) is 41.1 Å². The highest BCUT2D eigenvalue weighted by Gasteiger charge is 2.19. The van der Waals surface area contributed by atoms with E-state index in [1.807, 2.05) is 35.7 Å². The summed E-state index contributed by atoms with van der Waals surface area (Å²) >= 11 is 4.02. The van der Waals surface area contributed by atoms with Crippen molar-refractivity contribution in [2.45, 2.75) is 11.0 Å². The molecule has 3 nitrogen and oxygen atoms in total. The van der Waals surface area contributed by atoms with Crippen molar-refractivity contribution >= 4 is 29.4 Å². The fourth-order valence-corrected chi connectivity index (χ4v) is 5.20. The van der Waals surface area contributed by atoms with Crippen LogP contribution in [0.15, 0.2) is 24.3 Å². The van der Waals surface area contributed by atoms with Gasteiger partial charge in [0.15, 0.2) is 0 Å². The number of rotatable bonds is 4. The molecule has 0 unspecified atom stereocenters. The minimum atomic E-state index is 0.0485. The van der Waals surface area contributed by atoms with E-state index in [1.54, 1.807) is 0 Å². The molecule has 0 radical (unpaired) electrons. The van der Waals surface area contributed by atoms with E-state index in [-0.39, 0.29) is 5.91 Å². The first-order valence-electron chi connectivity index (χ1n) is 7.15. The number of benzene rings is 1. The number of hydrogen-bond donors (Lipinski definition) is 2. The first kappa shape index (κ1) is 14.3. The van der Waals surface area contributed by atoms with Gasteiger partial charge < -0.3 is 10.6 Å². The van der Waals surface area contributed by atoms with Crippen LogP contribution in [0, 0.1) is 5.92 Å². The molecule has 0 atom stereocenters. The molecule has 1 amide bonds. The number of amides is 1. The van der Waals surface area contributed by atoms with Gasteiger partial charge in [-0.2, -0.15) is 0 Å². The van der Waals surface area contributed by atoms with Crippen LogP contribution in [-0.2, 0) is 0 Å². The molecule has 2 heterocycles. The van der Waals surface area contributed by atoms with Crippen molar-refractivity contribution in [3.8, 4) is 0 Å². The van der Waals surface area contributed by atoms with E-state index in [2.05, 4.69) is 22.8 Å². The summed E-state index contributed by atoms with van der Waals surface area (Å²) in [6.45, 7) is 2.83. The minimum Gasteiger partial charge on any atom is -0.352 e. The second-order valence-corrected chi connectivity index (χ2v) is 8.01. The number of thioether (sulfide) groups is 2. The van der Waals surface area contributed by atoms with Gasteiger partial charge in [0.05, 0.1) is 4.58 Å². The molecule has 2 fully saturated rings. The van der Waals surface area contributed by atoms with Crippen LogP contribution >= 0.6 is 23.5 Å². The molecule has 2 saturated heterocycles. The third-order valence-electron chi connectivity index (χ3n) is 3.69. The van der Waals surface area contributed by atoms with Crippen LogP contribution in [-0.4, -0.2) is 37.0 Å². The summed E-state index contributed by atoms with van der Waals surface area (Å²) in [5.74, 6) is 3.14. The van der Waals surface area contributed by atoms with E-state index >= 15 is 0 Å². The highest BCUT2D eigenvalue weighted by molar-refractivity contribution is 8.16. The van der Waals surface area contributed by atoms with E-state index in [1.165, 1.54) is 23.5 Å². The third kappa shape index (κ3) is 3.51. The summed E-state index contributed by atoms with van der Waals surface area (Å²) in [5.41, 5.74) is 2.10. The molecule has 108 valence electrons. The summed E-state index contributed by atoms with van der Waals surface area (Å²) in [6, 6.07) is 8.13. The van der Waals surface area contributed by atoms with Crippen LogP contribution in [0.25, 0.3) is 0 Å². The van der Waals surface area contributed by atoms with Crippen molar-refractivity contribution in [3.05, 3.63) is 35.4 Å². The van der Waals surface area contributed by atoms with Gasteiger partial charge in [0.25, 0.3) is 5.91 Å². The maximum atomic E-state index is 12.0. The Labute approximate surface area is 128 Å². The molecule has 5 heteroatoms. The molecule has 0 aromatic heterocycles. The lowest BCUT2D eigenvalue weighted by molar-refractivity contribution is 0.0942. The van der Waals surface area contributed by atoms with Gasteiger partial charge in [-0.05, 0) is 35.6 Å². The van der Waals surface area contributed by atoms with Gasteiger partial charge in [0.2, 0.25) is 0 Å². The zero-order valence-electron chi connectivity index (χ0n) is 11.4. The molecule has 2 aliphatic heterocycles. The van der Waals surface area contributed by atoms with Crippen LogP contribution < -0.4 is 10.6 Å². The van der Waals surface area contributed by atoms with Crippen LogP contribution in [0.2, 0.25) is 0 Å². The van der Waals surface area contributed by atoms with Crippen LogP contribution in [0.4, 0.5) is 0 Å². The maximum Gasteiger partial charge on any atom is 0.251 e. The van der Waals surface area contributed by atoms with E-state index in [4.69, 9.17) is 0 Å². The Bertz CT molecular complexity index is 453. The molecular weight excluding hydrogens is 288 g/mol. The second kappa shape index (κ2) is 6.87. The Morgan fingerprint density at radius 3 is 2.50 bits per heavy atom. The summed E-state index contributed by atoms with van der Waals surface area (Å²) in [5, 5.41) is 6.22. The lowest BCUT2D eigenvalue weighted by Crippen LogP contribution is -2.48. The lowest BCUT2D eigenvalue weighted by Gasteiger charge is -2.27. The molecule has 2 N–H and O–H groups in total. The van der Waals surface area contributed by atoms with Crippen molar-refractivity contribution in [1.82, 2.24) is 10.6 Å². The van der Waals surface area contributed by atoms with E-state index < -0.39 is 0 Å². The molecule has 0 saturated carbocycles. The summed E-state index contributed by atoms with van der Waals surface area (Å²) in [7, 11) is 0. The zero-order chi connectivity index (χ0) is 13.8. The Hall–Kier alpha value is -0.650. The quantitative estimate of drug-likeness (QED) is 0.897. The monoisotopic (exact) mass is 308 g/mol. The van der Waals surface area contributed by atoms with E-state index in [0.29, 0.717) is 10.5 Å². The number of carbonyl (C=O) groups is 1. The Morgan fingerprint density at radius 2 is 1.90 bits per heavy atom. The number of nitrogens with one attached hydrogen (secondary N) is 2. The normalized spacial score (nSPS) is 20.4. The van der Waals surface area contributed by atoms with Gasteiger partial charge >= 0.3 is 0 Å². The average Bonchev–Trinajstić information content (AvgIpc) is 2.46. The third-order valence-corrected chi connectivity index (χ3v) is 6.70. The van der Waals surface area contributed by atoms with Gasteiger partial charge in [-0.15, -0.1) is 23.5 Å². The molecule has 0 bridgehead atoms.